The van der Waals surface area contributed by atoms with Gasteiger partial charge in [-0.3, -0.25) is 4.98 Å². The van der Waals surface area contributed by atoms with E-state index in [9.17, 15) is 0 Å². The van der Waals surface area contributed by atoms with E-state index in [1.807, 2.05) is 24.5 Å². The lowest BCUT2D eigenvalue weighted by atomic mass is 9.96. The fraction of sp³-hybridized carbons (Fsp3) is 0.235. The first kappa shape index (κ1) is 14.1. The summed E-state index contributed by atoms with van der Waals surface area (Å²) in [5.41, 5.74) is 2.12. The van der Waals surface area contributed by atoms with Gasteiger partial charge < -0.3 is 9.73 Å². The molecule has 0 saturated heterocycles. The molecule has 1 aromatic carbocycles. The minimum Gasteiger partial charge on any atom is -0.453 e. The SMILES string of the molecule is CCCNC(c1ccoc1Cl)c1cccc2ccncc12. The third kappa shape index (κ3) is 2.80. The van der Waals surface area contributed by atoms with Crippen LogP contribution in [0.15, 0.2) is 53.4 Å². The summed E-state index contributed by atoms with van der Waals surface area (Å²) in [4.78, 5) is 4.26. The zero-order chi connectivity index (χ0) is 14.7. The maximum atomic E-state index is 6.19. The predicted octanol–water partition coefficient (Wildman–Crippen LogP) is 4.57. The Morgan fingerprint density at radius 2 is 2.14 bits per heavy atom. The lowest BCUT2D eigenvalue weighted by molar-refractivity contribution is 0.551. The Kier molecular flexibility index (Phi) is 4.23. The van der Waals surface area contributed by atoms with E-state index in [2.05, 4.69) is 35.4 Å². The van der Waals surface area contributed by atoms with Gasteiger partial charge in [-0.1, -0.05) is 25.1 Å². The number of benzene rings is 1. The lowest BCUT2D eigenvalue weighted by Gasteiger charge is -2.20. The number of pyridine rings is 1. The molecule has 3 aromatic rings. The number of halogens is 1. The Bertz CT molecular complexity index is 733. The van der Waals surface area contributed by atoms with Crippen molar-refractivity contribution in [3.05, 3.63) is 65.3 Å². The molecule has 0 saturated carbocycles. The first-order valence-corrected chi connectivity index (χ1v) is 7.48. The highest BCUT2D eigenvalue weighted by Crippen LogP contribution is 2.32. The number of fused-ring (bicyclic) bond motifs is 1. The Hall–Kier alpha value is -1.84. The van der Waals surface area contributed by atoms with Crippen LogP contribution in [0.1, 0.15) is 30.5 Å². The minimum absolute atomic E-state index is 0.00380. The van der Waals surface area contributed by atoms with Gasteiger partial charge in [-0.25, -0.2) is 0 Å². The predicted molar refractivity (Wildman–Crippen MR) is 85.6 cm³/mol. The number of hydrogen-bond donors (Lipinski definition) is 1. The van der Waals surface area contributed by atoms with Crippen molar-refractivity contribution in [2.24, 2.45) is 0 Å². The molecule has 0 aliphatic carbocycles. The fourth-order valence-corrected chi connectivity index (χ4v) is 2.80. The van der Waals surface area contributed by atoms with Gasteiger partial charge >= 0.3 is 0 Å². The zero-order valence-corrected chi connectivity index (χ0v) is 12.6. The highest BCUT2D eigenvalue weighted by Gasteiger charge is 2.20. The first-order chi connectivity index (χ1) is 10.3. The molecule has 0 aliphatic rings. The summed E-state index contributed by atoms with van der Waals surface area (Å²) < 4.78 is 5.27. The minimum atomic E-state index is 0.00380. The molecular weight excluding hydrogens is 284 g/mol. The van der Waals surface area contributed by atoms with E-state index in [0.29, 0.717) is 5.22 Å². The third-order valence-electron chi connectivity index (χ3n) is 3.58. The maximum Gasteiger partial charge on any atom is 0.198 e. The van der Waals surface area contributed by atoms with E-state index >= 15 is 0 Å². The number of hydrogen-bond acceptors (Lipinski definition) is 3. The van der Waals surface area contributed by atoms with Gasteiger partial charge in [0.2, 0.25) is 0 Å². The maximum absolute atomic E-state index is 6.19. The molecule has 108 valence electrons. The molecule has 3 rings (SSSR count). The van der Waals surface area contributed by atoms with Crippen molar-refractivity contribution in [3.8, 4) is 0 Å². The van der Waals surface area contributed by atoms with E-state index in [1.165, 1.54) is 5.39 Å². The molecular formula is C17H17ClN2O. The summed E-state index contributed by atoms with van der Waals surface area (Å²) in [6.45, 7) is 3.05. The van der Waals surface area contributed by atoms with Gasteiger partial charge in [0.15, 0.2) is 5.22 Å². The summed E-state index contributed by atoms with van der Waals surface area (Å²) in [6, 6.07) is 10.2. The molecule has 0 radical (unpaired) electrons. The van der Waals surface area contributed by atoms with E-state index in [0.717, 1.165) is 29.5 Å². The Morgan fingerprint density at radius 3 is 2.90 bits per heavy atom. The Morgan fingerprint density at radius 1 is 1.24 bits per heavy atom. The van der Waals surface area contributed by atoms with E-state index < -0.39 is 0 Å². The molecule has 3 nitrogen and oxygen atoms in total. The largest absolute Gasteiger partial charge is 0.453 e. The number of aromatic nitrogens is 1. The van der Waals surface area contributed by atoms with Crippen molar-refractivity contribution >= 4 is 22.4 Å². The van der Waals surface area contributed by atoms with Crippen molar-refractivity contribution < 1.29 is 4.42 Å². The van der Waals surface area contributed by atoms with E-state index in [1.54, 1.807) is 6.26 Å². The molecule has 1 N–H and O–H groups in total. The Labute approximate surface area is 128 Å². The molecule has 0 spiro atoms. The molecule has 1 unspecified atom stereocenters. The van der Waals surface area contributed by atoms with Crippen LogP contribution in [0.25, 0.3) is 10.8 Å². The van der Waals surface area contributed by atoms with Gasteiger partial charge in [-0.2, -0.15) is 0 Å². The van der Waals surface area contributed by atoms with Crippen LogP contribution in [0, 0.1) is 0 Å². The van der Waals surface area contributed by atoms with Crippen LogP contribution in [0.4, 0.5) is 0 Å². The Balaban J connectivity index is 2.12. The van der Waals surface area contributed by atoms with Gasteiger partial charge in [-0.15, -0.1) is 0 Å². The third-order valence-corrected chi connectivity index (χ3v) is 3.89. The van der Waals surface area contributed by atoms with Crippen LogP contribution < -0.4 is 5.32 Å². The average Bonchev–Trinajstić information content (AvgIpc) is 2.94. The quantitative estimate of drug-likeness (QED) is 0.750. The number of furan rings is 1. The number of rotatable bonds is 5. The van der Waals surface area contributed by atoms with Crippen LogP contribution in [-0.2, 0) is 0 Å². The van der Waals surface area contributed by atoms with Gasteiger partial charge in [0.25, 0.3) is 0 Å². The smallest absolute Gasteiger partial charge is 0.198 e. The summed E-state index contributed by atoms with van der Waals surface area (Å²) in [5, 5.41) is 6.29. The molecule has 1 atom stereocenters. The second-order valence-corrected chi connectivity index (χ2v) is 5.32. The van der Waals surface area contributed by atoms with Gasteiger partial charge in [-0.05, 0) is 47.6 Å². The second-order valence-electron chi connectivity index (χ2n) is 4.98. The van der Waals surface area contributed by atoms with Crippen molar-refractivity contribution in [3.63, 3.8) is 0 Å². The van der Waals surface area contributed by atoms with Crippen LogP contribution >= 0.6 is 11.6 Å². The lowest BCUT2D eigenvalue weighted by Crippen LogP contribution is -2.23. The molecule has 2 heterocycles. The van der Waals surface area contributed by atoms with Crippen LogP contribution in [0.2, 0.25) is 5.22 Å². The zero-order valence-electron chi connectivity index (χ0n) is 11.8. The fourth-order valence-electron chi connectivity index (χ4n) is 2.58. The highest BCUT2D eigenvalue weighted by atomic mass is 35.5. The van der Waals surface area contributed by atoms with Crippen molar-refractivity contribution in [1.29, 1.82) is 0 Å². The van der Waals surface area contributed by atoms with Crippen LogP contribution in [-0.4, -0.2) is 11.5 Å². The van der Waals surface area contributed by atoms with Crippen LogP contribution in [0.3, 0.4) is 0 Å². The van der Waals surface area contributed by atoms with E-state index in [-0.39, 0.29) is 6.04 Å². The monoisotopic (exact) mass is 300 g/mol. The molecule has 4 heteroatoms. The molecule has 0 bridgehead atoms. The first-order valence-electron chi connectivity index (χ1n) is 7.10. The average molecular weight is 301 g/mol. The number of nitrogens with zero attached hydrogens (tertiary/aromatic N) is 1. The molecule has 2 aromatic heterocycles. The van der Waals surface area contributed by atoms with Crippen molar-refractivity contribution in [2.45, 2.75) is 19.4 Å². The molecule has 0 amide bonds. The van der Waals surface area contributed by atoms with Gasteiger partial charge in [0.05, 0.1) is 12.3 Å². The molecule has 0 aliphatic heterocycles. The van der Waals surface area contributed by atoms with Crippen molar-refractivity contribution in [1.82, 2.24) is 10.3 Å². The van der Waals surface area contributed by atoms with Crippen molar-refractivity contribution in [2.75, 3.05) is 6.54 Å². The van der Waals surface area contributed by atoms with Crippen LogP contribution in [0.5, 0.6) is 0 Å². The van der Waals surface area contributed by atoms with E-state index in [4.69, 9.17) is 16.0 Å². The second kappa shape index (κ2) is 6.29. The summed E-state index contributed by atoms with van der Waals surface area (Å²) >= 11 is 6.19. The summed E-state index contributed by atoms with van der Waals surface area (Å²) in [5.74, 6) is 0. The van der Waals surface area contributed by atoms with Gasteiger partial charge in [0.1, 0.15) is 0 Å². The summed E-state index contributed by atoms with van der Waals surface area (Å²) in [6.07, 6.45) is 6.39. The standard InChI is InChI=1S/C17H17ClN2O/c1-2-8-20-16(14-7-10-21-17(14)18)13-5-3-4-12-6-9-19-11-15(12)13/h3-7,9-11,16,20H,2,8H2,1H3. The summed E-state index contributed by atoms with van der Waals surface area (Å²) in [7, 11) is 0. The highest BCUT2D eigenvalue weighted by molar-refractivity contribution is 6.29. The van der Waals surface area contributed by atoms with Gasteiger partial charge in [0, 0.05) is 23.3 Å². The topological polar surface area (TPSA) is 38.1 Å². The normalized spacial score (nSPS) is 12.7. The number of nitrogens with one attached hydrogen (secondary N) is 1. The molecule has 0 fully saturated rings. The molecule has 21 heavy (non-hydrogen) atoms.